The molecular formula is C25H23F2N5O3S. The van der Waals surface area contributed by atoms with Gasteiger partial charge < -0.3 is 14.4 Å². The highest BCUT2D eigenvalue weighted by Gasteiger charge is 2.35. The van der Waals surface area contributed by atoms with Crippen molar-refractivity contribution in [1.29, 1.82) is 0 Å². The van der Waals surface area contributed by atoms with Gasteiger partial charge in [-0.25, -0.2) is 18.6 Å². The van der Waals surface area contributed by atoms with Crippen LogP contribution < -0.4 is 15.3 Å². The molecule has 1 saturated heterocycles. The van der Waals surface area contributed by atoms with E-state index < -0.39 is 17.3 Å². The number of hydrogen-bond donors (Lipinski definition) is 0. The van der Waals surface area contributed by atoms with Crippen LogP contribution in [0.15, 0.2) is 53.6 Å². The summed E-state index contributed by atoms with van der Waals surface area (Å²) in [5.41, 5.74) is 0.615. The van der Waals surface area contributed by atoms with E-state index in [4.69, 9.17) is 9.47 Å². The van der Waals surface area contributed by atoms with Crippen LogP contribution in [0, 0.1) is 18.6 Å². The van der Waals surface area contributed by atoms with Gasteiger partial charge in [-0.1, -0.05) is 17.4 Å². The second kappa shape index (κ2) is 9.14. The van der Waals surface area contributed by atoms with Gasteiger partial charge in [0.25, 0.3) is 0 Å². The lowest BCUT2D eigenvalue weighted by molar-refractivity contribution is 0.0220. The first kappa shape index (κ1) is 22.9. The van der Waals surface area contributed by atoms with Gasteiger partial charge in [0.05, 0.1) is 30.1 Å². The van der Waals surface area contributed by atoms with Crippen LogP contribution in [0.2, 0.25) is 0 Å². The molecule has 0 amide bonds. The molecule has 1 saturated carbocycles. The Morgan fingerprint density at radius 2 is 1.78 bits per heavy atom. The average molecular weight is 512 g/mol. The lowest BCUT2D eigenvalue weighted by Gasteiger charge is -2.38. The maximum Gasteiger partial charge on any atom is 0.350 e. The third kappa shape index (κ3) is 4.51. The van der Waals surface area contributed by atoms with Crippen LogP contribution in [0.4, 0.5) is 13.9 Å². The molecule has 6 rings (SSSR count). The van der Waals surface area contributed by atoms with Crippen LogP contribution in [0.5, 0.6) is 10.8 Å². The summed E-state index contributed by atoms with van der Waals surface area (Å²) < 4.78 is 42.2. The minimum absolute atomic E-state index is 0.189. The number of hydrogen-bond acceptors (Lipinski definition) is 7. The van der Waals surface area contributed by atoms with Gasteiger partial charge in [0.2, 0.25) is 5.06 Å². The van der Waals surface area contributed by atoms with Crippen molar-refractivity contribution in [3.8, 4) is 16.5 Å². The normalized spacial score (nSPS) is 15.8. The molecule has 8 nitrogen and oxygen atoms in total. The monoisotopic (exact) mass is 511 g/mol. The van der Waals surface area contributed by atoms with Gasteiger partial charge in [-0.3, -0.25) is 4.57 Å². The lowest BCUT2D eigenvalue weighted by Crippen LogP contribution is -2.52. The van der Waals surface area contributed by atoms with Gasteiger partial charge in [0.1, 0.15) is 23.7 Å². The Morgan fingerprint density at radius 1 is 1.06 bits per heavy atom. The average Bonchev–Trinajstić information content (AvgIpc) is 3.49. The summed E-state index contributed by atoms with van der Waals surface area (Å²) in [6, 6.07) is 10.5. The molecule has 2 aliphatic rings. The topological polar surface area (TPSA) is 74.4 Å². The van der Waals surface area contributed by atoms with Crippen molar-refractivity contribution in [2.45, 2.75) is 38.5 Å². The standard InChI is InChI=1S/C25H23F2N5O3S/c1-15-23(36-24(29-15)30-11-19(12-30)34-17-9-10-17)35-18-7-5-16(6-8-18)32-25(33)31(14-28-32)13-20-21(26)3-2-4-22(20)27/h2-8,14,17,19H,9-13H2,1H3. The van der Waals surface area contributed by atoms with Gasteiger partial charge in [-0.2, -0.15) is 9.78 Å². The van der Waals surface area contributed by atoms with E-state index in [2.05, 4.69) is 15.0 Å². The third-order valence-corrected chi connectivity index (χ3v) is 7.28. The second-order valence-corrected chi connectivity index (χ2v) is 9.92. The fourth-order valence-electron chi connectivity index (χ4n) is 3.99. The molecule has 2 aromatic heterocycles. The van der Waals surface area contributed by atoms with E-state index in [-0.39, 0.29) is 18.2 Å². The predicted molar refractivity (Wildman–Crippen MR) is 130 cm³/mol. The van der Waals surface area contributed by atoms with E-state index >= 15 is 0 Å². The predicted octanol–water partition coefficient (Wildman–Crippen LogP) is 4.29. The number of anilines is 1. The highest BCUT2D eigenvalue weighted by molar-refractivity contribution is 7.17. The molecule has 0 unspecified atom stereocenters. The van der Waals surface area contributed by atoms with E-state index in [1.165, 1.54) is 41.3 Å². The molecule has 186 valence electrons. The van der Waals surface area contributed by atoms with Crippen molar-refractivity contribution in [2.75, 3.05) is 18.0 Å². The molecular weight excluding hydrogens is 488 g/mol. The fraction of sp³-hybridized carbons (Fsp3) is 0.320. The van der Waals surface area contributed by atoms with Crippen molar-refractivity contribution in [2.24, 2.45) is 0 Å². The summed E-state index contributed by atoms with van der Waals surface area (Å²) in [7, 11) is 0. The maximum absolute atomic E-state index is 14.0. The van der Waals surface area contributed by atoms with E-state index in [9.17, 15) is 13.6 Å². The molecule has 0 atom stereocenters. The summed E-state index contributed by atoms with van der Waals surface area (Å²) >= 11 is 1.49. The number of aryl methyl sites for hydroxylation is 1. The number of nitrogens with zero attached hydrogens (tertiary/aromatic N) is 5. The largest absolute Gasteiger partial charge is 0.445 e. The second-order valence-electron chi connectivity index (χ2n) is 8.98. The maximum atomic E-state index is 14.0. The number of aromatic nitrogens is 4. The number of benzene rings is 2. The molecule has 2 fully saturated rings. The van der Waals surface area contributed by atoms with Gasteiger partial charge in [-0.05, 0) is 56.2 Å². The minimum atomic E-state index is -0.710. The van der Waals surface area contributed by atoms with Crippen molar-refractivity contribution in [1.82, 2.24) is 19.3 Å². The zero-order valence-electron chi connectivity index (χ0n) is 19.4. The quantitative estimate of drug-likeness (QED) is 0.352. The number of thiazole rings is 1. The van der Waals surface area contributed by atoms with Gasteiger partial charge in [0.15, 0.2) is 5.13 Å². The Labute approximate surface area is 209 Å². The number of halogens is 2. The molecule has 11 heteroatoms. The van der Waals surface area contributed by atoms with E-state index in [0.29, 0.717) is 22.6 Å². The van der Waals surface area contributed by atoms with Crippen LogP contribution in [-0.2, 0) is 11.3 Å². The highest BCUT2D eigenvalue weighted by atomic mass is 32.1. The number of ether oxygens (including phenoxy) is 2. The smallest absolute Gasteiger partial charge is 0.350 e. The number of rotatable bonds is 8. The van der Waals surface area contributed by atoms with Gasteiger partial charge in [0, 0.05) is 18.7 Å². The Hall–Kier alpha value is -3.57. The molecule has 0 N–H and O–H groups in total. The minimum Gasteiger partial charge on any atom is -0.445 e. The lowest BCUT2D eigenvalue weighted by atomic mass is 10.2. The zero-order valence-corrected chi connectivity index (χ0v) is 20.3. The van der Waals surface area contributed by atoms with Crippen LogP contribution in [0.1, 0.15) is 24.1 Å². The summed E-state index contributed by atoms with van der Waals surface area (Å²) in [6.07, 6.45) is 4.35. The molecule has 1 aliphatic carbocycles. The summed E-state index contributed by atoms with van der Waals surface area (Å²) in [6.45, 7) is 3.35. The van der Waals surface area contributed by atoms with Crippen molar-refractivity contribution < 1.29 is 18.3 Å². The molecule has 1 aliphatic heterocycles. The summed E-state index contributed by atoms with van der Waals surface area (Å²) in [5.74, 6) is -0.826. The first-order chi connectivity index (χ1) is 17.4. The van der Waals surface area contributed by atoms with E-state index in [1.807, 2.05) is 6.92 Å². The molecule has 3 heterocycles. The Bertz CT molecular complexity index is 1440. The summed E-state index contributed by atoms with van der Waals surface area (Å²) in [4.78, 5) is 19.6. The van der Waals surface area contributed by atoms with E-state index in [1.54, 1.807) is 24.3 Å². The van der Waals surface area contributed by atoms with Crippen molar-refractivity contribution in [3.63, 3.8) is 0 Å². The first-order valence-corrected chi connectivity index (χ1v) is 12.5. The van der Waals surface area contributed by atoms with Gasteiger partial charge >= 0.3 is 5.69 Å². The molecule has 0 radical (unpaired) electrons. The van der Waals surface area contributed by atoms with Gasteiger partial charge in [-0.15, -0.1) is 0 Å². The van der Waals surface area contributed by atoms with Crippen molar-refractivity contribution >= 4 is 16.5 Å². The van der Waals surface area contributed by atoms with Crippen LogP contribution in [0.25, 0.3) is 5.69 Å². The molecule has 2 aromatic carbocycles. The molecule has 4 aromatic rings. The molecule has 0 spiro atoms. The first-order valence-electron chi connectivity index (χ1n) is 11.7. The Morgan fingerprint density at radius 3 is 2.47 bits per heavy atom. The third-order valence-electron chi connectivity index (χ3n) is 6.19. The van der Waals surface area contributed by atoms with Crippen molar-refractivity contribution in [3.05, 3.63) is 82.2 Å². The van der Waals surface area contributed by atoms with Crippen LogP contribution in [-0.4, -0.2) is 44.6 Å². The SMILES string of the molecule is Cc1nc(N2CC(OC3CC3)C2)sc1Oc1ccc(-n2ncn(Cc3c(F)cccc3F)c2=O)cc1. The van der Waals surface area contributed by atoms with Crippen LogP contribution in [0.3, 0.4) is 0 Å². The Kier molecular flexibility index (Phi) is 5.81. The van der Waals surface area contributed by atoms with Crippen LogP contribution >= 0.6 is 11.3 Å². The fourth-order valence-corrected chi connectivity index (χ4v) is 4.95. The summed E-state index contributed by atoms with van der Waals surface area (Å²) in [5, 5.41) is 5.71. The molecule has 36 heavy (non-hydrogen) atoms. The van der Waals surface area contributed by atoms with E-state index in [0.717, 1.165) is 40.6 Å². The Balaban J connectivity index is 1.12. The zero-order chi connectivity index (χ0) is 24.8. The molecule has 0 bridgehead atoms. The highest BCUT2D eigenvalue weighted by Crippen LogP contribution is 2.38.